The predicted octanol–water partition coefficient (Wildman–Crippen LogP) is 5.41. The number of rotatable bonds is 6. The van der Waals surface area contributed by atoms with E-state index < -0.39 is 17.6 Å². The Balaban J connectivity index is 1.36. The van der Waals surface area contributed by atoms with Crippen LogP contribution in [0.15, 0.2) is 79.4 Å². The number of carbonyl (C=O) groups is 3. The maximum Gasteiger partial charge on any atom is 0.416 e. The lowest BCUT2D eigenvalue weighted by Crippen LogP contribution is -2.27. The number of alkyl halides is 3. The molecule has 0 atom stereocenters. The van der Waals surface area contributed by atoms with Gasteiger partial charge in [0.25, 0.3) is 11.8 Å². The average Bonchev–Trinajstić information content (AvgIpc) is 3.07. The summed E-state index contributed by atoms with van der Waals surface area (Å²) in [6, 6.07) is 17.4. The van der Waals surface area contributed by atoms with Crippen molar-refractivity contribution >= 4 is 34.8 Å². The van der Waals surface area contributed by atoms with Crippen LogP contribution < -0.4 is 10.6 Å². The van der Waals surface area contributed by atoms with Crippen molar-refractivity contribution in [3.05, 3.63) is 102 Å². The Morgan fingerprint density at radius 1 is 0.857 bits per heavy atom. The molecule has 0 aromatic heterocycles. The highest BCUT2D eigenvalue weighted by Crippen LogP contribution is 2.32. The van der Waals surface area contributed by atoms with Gasteiger partial charge in [-0.2, -0.15) is 13.2 Å². The van der Waals surface area contributed by atoms with Gasteiger partial charge in [0.05, 0.1) is 5.56 Å². The summed E-state index contributed by atoms with van der Waals surface area (Å²) in [7, 11) is 0. The molecule has 35 heavy (non-hydrogen) atoms. The Labute approximate surface area is 199 Å². The predicted molar refractivity (Wildman–Crippen MR) is 126 cm³/mol. The lowest BCUT2D eigenvalue weighted by Gasteiger charge is -2.17. The number of anilines is 2. The molecule has 2 N–H and O–H groups in total. The molecule has 0 unspecified atom stereocenters. The second kappa shape index (κ2) is 9.46. The van der Waals surface area contributed by atoms with Gasteiger partial charge in [-0.05, 0) is 42.5 Å². The molecule has 3 amide bonds. The summed E-state index contributed by atoms with van der Waals surface area (Å²) in [6.07, 6.45) is -4.53. The monoisotopic (exact) mass is 479 g/mol. The normalized spacial score (nSPS) is 12.9. The molecule has 0 fully saturated rings. The van der Waals surface area contributed by atoms with Crippen LogP contribution in [0, 0.1) is 0 Å². The zero-order valence-electron chi connectivity index (χ0n) is 18.4. The first-order chi connectivity index (χ1) is 16.6. The maximum absolute atomic E-state index is 12.9. The molecule has 1 heterocycles. The van der Waals surface area contributed by atoms with Gasteiger partial charge in [0.1, 0.15) is 0 Å². The molecule has 0 saturated carbocycles. The molecule has 0 spiro atoms. The molecular formula is C26H20F3N3O3. The van der Waals surface area contributed by atoms with Gasteiger partial charge in [0.2, 0.25) is 5.91 Å². The second-order valence-corrected chi connectivity index (χ2v) is 7.86. The van der Waals surface area contributed by atoms with Gasteiger partial charge in [-0.25, -0.2) is 0 Å². The van der Waals surface area contributed by atoms with Gasteiger partial charge in [-0.1, -0.05) is 36.9 Å². The highest BCUT2D eigenvalue weighted by molar-refractivity contribution is 6.09. The first-order valence-corrected chi connectivity index (χ1v) is 10.6. The lowest BCUT2D eigenvalue weighted by atomic mass is 10.1. The molecule has 3 aromatic rings. The molecule has 1 aliphatic heterocycles. The Hall–Kier alpha value is -4.40. The fourth-order valence-electron chi connectivity index (χ4n) is 3.72. The number of nitrogens with zero attached hydrogens (tertiary/aromatic N) is 1. The topological polar surface area (TPSA) is 78.5 Å². The Bertz CT molecular complexity index is 1300. The van der Waals surface area contributed by atoms with E-state index in [1.165, 1.54) is 29.2 Å². The number of benzene rings is 3. The van der Waals surface area contributed by atoms with Gasteiger partial charge in [-0.15, -0.1) is 0 Å². The Kier molecular flexibility index (Phi) is 6.42. The third-order valence-corrected chi connectivity index (χ3v) is 5.46. The molecular weight excluding hydrogens is 459 g/mol. The van der Waals surface area contributed by atoms with Crippen molar-refractivity contribution in [1.29, 1.82) is 0 Å². The van der Waals surface area contributed by atoms with Crippen LogP contribution in [0.4, 0.5) is 24.5 Å². The summed E-state index contributed by atoms with van der Waals surface area (Å²) in [4.78, 5) is 39.0. The molecule has 9 heteroatoms. The van der Waals surface area contributed by atoms with E-state index in [4.69, 9.17) is 0 Å². The largest absolute Gasteiger partial charge is 0.416 e. The molecule has 0 saturated heterocycles. The van der Waals surface area contributed by atoms with Crippen LogP contribution in [0.1, 0.15) is 38.3 Å². The van der Waals surface area contributed by atoms with Crippen LogP contribution >= 0.6 is 0 Å². The van der Waals surface area contributed by atoms with E-state index in [2.05, 4.69) is 17.2 Å². The zero-order chi connectivity index (χ0) is 25.2. The van der Waals surface area contributed by atoms with Crippen LogP contribution in [0.25, 0.3) is 5.70 Å². The minimum absolute atomic E-state index is 0.000588. The maximum atomic E-state index is 12.9. The first kappa shape index (κ1) is 23.7. The fraction of sp³-hybridized carbons (Fsp3) is 0.115. The number of amides is 3. The lowest BCUT2D eigenvalue weighted by molar-refractivity contribution is -0.137. The smallest absolute Gasteiger partial charge is 0.326 e. The summed E-state index contributed by atoms with van der Waals surface area (Å²) in [5.41, 5.74) is 1.41. The van der Waals surface area contributed by atoms with Crippen molar-refractivity contribution < 1.29 is 27.6 Å². The first-order valence-electron chi connectivity index (χ1n) is 10.6. The molecule has 0 bridgehead atoms. The van der Waals surface area contributed by atoms with Gasteiger partial charge < -0.3 is 15.5 Å². The Morgan fingerprint density at radius 2 is 1.51 bits per heavy atom. The quantitative estimate of drug-likeness (QED) is 0.496. The van der Waals surface area contributed by atoms with Crippen molar-refractivity contribution in [2.45, 2.75) is 12.6 Å². The number of nitrogens with one attached hydrogen (secondary N) is 2. The van der Waals surface area contributed by atoms with Crippen molar-refractivity contribution in [3.8, 4) is 0 Å². The number of hydrogen-bond donors (Lipinski definition) is 2. The van der Waals surface area contributed by atoms with Crippen molar-refractivity contribution in [2.24, 2.45) is 0 Å². The Morgan fingerprint density at radius 3 is 2.20 bits per heavy atom. The van der Waals surface area contributed by atoms with Gasteiger partial charge in [-0.3, -0.25) is 14.4 Å². The van der Waals surface area contributed by atoms with Crippen LogP contribution in [-0.2, 0) is 11.0 Å². The SMILES string of the molecule is C=C1c2ccccc2C(=O)N1CCC(=O)Nc1cccc(C(=O)Nc2cccc(C(F)(F)F)c2)c1. The van der Waals surface area contributed by atoms with Gasteiger partial charge >= 0.3 is 6.18 Å². The van der Waals surface area contributed by atoms with Crippen molar-refractivity contribution in [2.75, 3.05) is 17.2 Å². The van der Waals surface area contributed by atoms with Crippen LogP contribution in [0.5, 0.6) is 0 Å². The number of carbonyl (C=O) groups excluding carboxylic acids is 3. The van der Waals surface area contributed by atoms with Crippen LogP contribution in [0.3, 0.4) is 0 Å². The zero-order valence-corrected chi connectivity index (χ0v) is 18.4. The fourth-order valence-corrected chi connectivity index (χ4v) is 3.72. The average molecular weight is 479 g/mol. The van der Waals surface area contributed by atoms with E-state index in [-0.39, 0.29) is 36.0 Å². The van der Waals surface area contributed by atoms with E-state index in [1.807, 2.05) is 6.07 Å². The molecule has 6 nitrogen and oxygen atoms in total. The molecule has 0 radical (unpaired) electrons. The van der Waals surface area contributed by atoms with Crippen LogP contribution in [0.2, 0.25) is 0 Å². The molecule has 1 aliphatic rings. The van der Waals surface area contributed by atoms with E-state index in [0.29, 0.717) is 16.9 Å². The summed E-state index contributed by atoms with van der Waals surface area (Å²) >= 11 is 0. The minimum Gasteiger partial charge on any atom is -0.326 e. The molecule has 4 rings (SSSR count). The number of hydrogen-bond acceptors (Lipinski definition) is 3. The summed E-state index contributed by atoms with van der Waals surface area (Å²) in [6.45, 7) is 4.07. The third-order valence-electron chi connectivity index (χ3n) is 5.46. The highest BCUT2D eigenvalue weighted by atomic mass is 19.4. The van der Waals surface area contributed by atoms with E-state index in [1.54, 1.807) is 30.3 Å². The molecule has 3 aromatic carbocycles. The molecule has 0 aliphatic carbocycles. The number of fused-ring (bicyclic) bond motifs is 1. The van der Waals surface area contributed by atoms with Crippen molar-refractivity contribution in [1.82, 2.24) is 4.90 Å². The van der Waals surface area contributed by atoms with Gasteiger partial charge in [0, 0.05) is 46.7 Å². The van der Waals surface area contributed by atoms with Gasteiger partial charge in [0.15, 0.2) is 0 Å². The standard InChI is InChI=1S/C26H20F3N3O3/c1-16-21-10-2-3-11-22(21)25(35)32(16)13-12-23(33)30-19-8-4-6-17(14-19)24(34)31-20-9-5-7-18(15-20)26(27,28)29/h2-11,14-15H,1,12-13H2,(H,30,33)(H,31,34). The van der Waals surface area contributed by atoms with E-state index in [0.717, 1.165) is 17.7 Å². The van der Waals surface area contributed by atoms with Crippen molar-refractivity contribution in [3.63, 3.8) is 0 Å². The van der Waals surface area contributed by atoms with E-state index in [9.17, 15) is 27.6 Å². The third kappa shape index (κ3) is 5.24. The second-order valence-electron chi connectivity index (χ2n) is 7.86. The highest BCUT2D eigenvalue weighted by Gasteiger charge is 2.31. The van der Waals surface area contributed by atoms with E-state index >= 15 is 0 Å². The van der Waals surface area contributed by atoms with Crippen LogP contribution in [-0.4, -0.2) is 29.2 Å². The summed E-state index contributed by atoms with van der Waals surface area (Å²) < 4.78 is 38.7. The summed E-state index contributed by atoms with van der Waals surface area (Å²) in [5.74, 6) is -1.22. The number of halogens is 3. The molecule has 178 valence electrons. The summed E-state index contributed by atoms with van der Waals surface area (Å²) in [5, 5.41) is 5.10. The minimum atomic E-state index is -4.53.